The molecule has 1 amide bonds. The van der Waals surface area contributed by atoms with Gasteiger partial charge in [-0.3, -0.25) is 4.79 Å². The van der Waals surface area contributed by atoms with E-state index in [4.69, 9.17) is 0 Å². The number of hydrogen-bond acceptors (Lipinski definition) is 2. The second kappa shape index (κ2) is 3.76. The SMILES string of the molecule is C[C@@H](C(=O)N=O)c1ccccc1. The zero-order chi connectivity index (χ0) is 8.97. The van der Waals surface area contributed by atoms with Gasteiger partial charge in [0.15, 0.2) is 0 Å². The number of rotatable bonds is 2. The van der Waals surface area contributed by atoms with Gasteiger partial charge < -0.3 is 0 Å². The molecule has 0 aliphatic rings. The molecule has 0 aliphatic heterocycles. The lowest BCUT2D eigenvalue weighted by atomic mass is 10.0. The van der Waals surface area contributed by atoms with Crippen molar-refractivity contribution in [1.29, 1.82) is 0 Å². The van der Waals surface area contributed by atoms with E-state index in [1.807, 2.05) is 18.2 Å². The maximum atomic E-state index is 10.8. The fourth-order valence-corrected chi connectivity index (χ4v) is 0.963. The van der Waals surface area contributed by atoms with Crippen molar-refractivity contribution in [2.45, 2.75) is 12.8 Å². The van der Waals surface area contributed by atoms with Gasteiger partial charge in [0.1, 0.15) is 0 Å². The molecule has 0 aromatic heterocycles. The lowest BCUT2D eigenvalue weighted by Gasteiger charge is -2.03. The van der Waals surface area contributed by atoms with Crippen molar-refractivity contribution in [3.8, 4) is 0 Å². The second-order valence-electron chi connectivity index (χ2n) is 2.56. The van der Waals surface area contributed by atoms with Crippen LogP contribution >= 0.6 is 0 Å². The van der Waals surface area contributed by atoms with Gasteiger partial charge in [-0.25, -0.2) is 0 Å². The normalized spacial score (nSPS) is 12.1. The number of carbonyl (C=O) groups excluding carboxylic acids is 1. The smallest absolute Gasteiger partial charge is 0.268 e. The molecule has 0 saturated heterocycles. The summed E-state index contributed by atoms with van der Waals surface area (Å²) in [5.74, 6) is -1.05. The zero-order valence-electron chi connectivity index (χ0n) is 6.73. The first-order valence-corrected chi connectivity index (χ1v) is 3.68. The van der Waals surface area contributed by atoms with Crippen LogP contribution in [0.15, 0.2) is 35.5 Å². The Morgan fingerprint density at radius 2 is 1.92 bits per heavy atom. The summed E-state index contributed by atoms with van der Waals surface area (Å²) in [5.41, 5.74) is 0.821. The minimum absolute atomic E-state index is 0.427. The first-order valence-electron chi connectivity index (χ1n) is 3.68. The van der Waals surface area contributed by atoms with Crippen LogP contribution in [0.4, 0.5) is 0 Å². The van der Waals surface area contributed by atoms with Crippen LogP contribution in [0.1, 0.15) is 18.4 Å². The minimum atomic E-state index is -0.624. The average Bonchev–Trinajstić information content (AvgIpc) is 2.17. The van der Waals surface area contributed by atoms with Crippen LogP contribution in [0.25, 0.3) is 0 Å². The Kier molecular flexibility index (Phi) is 2.69. The number of hydrogen-bond donors (Lipinski definition) is 0. The summed E-state index contributed by atoms with van der Waals surface area (Å²) in [5, 5.41) is 2.38. The second-order valence-corrected chi connectivity index (χ2v) is 2.56. The molecule has 0 unspecified atom stereocenters. The molecule has 0 heterocycles. The Hall–Kier alpha value is -1.51. The number of nitroso groups, excluding NO2 is 1. The van der Waals surface area contributed by atoms with Crippen molar-refractivity contribution >= 4 is 5.91 Å². The largest absolute Gasteiger partial charge is 0.293 e. The molecular formula is C9H9NO2. The lowest BCUT2D eigenvalue weighted by Crippen LogP contribution is -2.04. The fraction of sp³-hybridized carbons (Fsp3) is 0.222. The molecule has 1 atom stereocenters. The predicted molar refractivity (Wildman–Crippen MR) is 45.7 cm³/mol. The highest BCUT2D eigenvalue weighted by atomic mass is 16.3. The molecule has 1 rings (SSSR count). The van der Waals surface area contributed by atoms with Gasteiger partial charge in [0, 0.05) is 5.18 Å². The number of amides is 1. The third-order valence-corrected chi connectivity index (χ3v) is 1.76. The number of benzene rings is 1. The standard InChI is InChI=1S/C9H9NO2/c1-7(9(11)10-12)8-5-3-2-4-6-8/h2-7H,1H3/t7-/m1/s1. The van der Waals surface area contributed by atoms with Crippen molar-refractivity contribution in [2.24, 2.45) is 5.18 Å². The average molecular weight is 163 g/mol. The van der Waals surface area contributed by atoms with Gasteiger partial charge in [-0.05, 0) is 12.5 Å². The van der Waals surface area contributed by atoms with Crippen molar-refractivity contribution in [3.05, 3.63) is 40.8 Å². The molecule has 0 spiro atoms. The quantitative estimate of drug-likeness (QED) is 0.626. The Morgan fingerprint density at radius 1 is 1.33 bits per heavy atom. The molecule has 0 bridgehead atoms. The Balaban J connectivity index is 2.85. The van der Waals surface area contributed by atoms with E-state index < -0.39 is 11.8 Å². The van der Waals surface area contributed by atoms with Crippen LogP contribution in [-0.2, 0) is 4.79 Å². The van der Waals surface area contributed by atoms with Crippen LogP contribution in [0.5, 0.6) is 0 Å². The van der Waals surface area contributed by atoms with Crippen molar-refractivity contribution in [1.82, 2.24) is 0 Å². The predicted octanol–water partition coefficient (Wildman–Crippen LogP) is 2.08. The highest BCUT2D eigenvalue weighted by Crippen LogP contribution is 2.15. The van der Waals surface area contributed by atoms with E-state index in [1.54, 1.807) is 19.1 Å². The summed E-state index contributed by atoms with van der Waals surface area (Å²) >= 11 is 0. The Labute approximate surface area is 70.4 Å². The summed E-state index contributed by atoms with van der Waals surface area (Å²) in [4.78, 5) is 20.8. The fourth-order valence-electron chi connectivity index (χ4n) is 0.963. The summed E-state index contributed by atoms with van der Waals surface area (Å²) < 4.78 is 0. The van der Waals surface area contributed by atoms with Crippen LogP contribution < -0.4 is 0 Å². The van der Waals surface area contributed by atoms with E-state index in [-0.39, 0.29) is 0 Å². The monoisotopic (exact) mass is 163 g/mol. The first kappa shape index (κ1) is 8.59. The lowest BCUT2D eigenvalue weighted by molar-refractivity contribution is -0.119. The van der Waals surface area contributed by atoms with Gasteiger partial charge in [0.2, 0.25) is 0 Å². The van der Waals surface area contributed by atoms with Crippen molar-refractivity contribution in [2.75, 3.05) is 0 Å². The highest BCUT2D eigenvalue weighted by Gasteiger charge is 2.14. The van der Waals surface area contributed by atoms with Crippen LogP contribution in [0.2, 0.25) is 0 Å². The molecule has 3 heteroatoms. The number of nitrogens with zero attached hydrogens (tertiary/aromatic N) is 1. The summed E-state index contributed by atoms with van der Waals surface area (Å²) in [6, 6.07) is 9.10. The van der Waals surface area contributed by atoms with E-state index in [0.717, 1.165) is 5.56 Å². The Morgan fingerprint density at radius 3 is 2.42 bits per heavy atom. The maximum absolute atomic E-state index is 10.8. The molecule has 3 nitrogen and oxygen atoms in total. The highest BCUT2D eigenvalue weighted by molar-refractivity contribution is 5.83. The molecule has 0 saturated carbocycles. The molecule has 12 heavy (non-hydrogen) atoms. The minimum Gasteiger partial charge on any atom is -0.268 e. The Bertz CT molecular complexity index is 282. The van der Waals surface area contributed by atoms with E-state index in [0.29, 0.717) is 0 Å². The molecule has 1 aromatic carbocycles. The van der Waals surface area contributed by atoms with Gasteiger partial charge in [0.05, 0.1) is 5.92 Å². The van der Waals surface area contributed by atoms with E-state index in [9.17, 15) is 9.70 Å². The van der Waals surface area contributed by atoms with Gasteiger partial charge >= 0.3 is 0 Å². The summed E-state index contributed by atoms with van der Waals surface area (Å²) in [7, 11) is 0. The first-order chi connectivity index (χ1) is 5.75. The summed E-state index contributed by atoms with van der Waals surface area (Å²) in [6.45, 7) is 1.67. The summed E-state index contributed by atoms with van der Waals surface area (Å²) in [6.07, 6.45) is 0. The molecule has 0 fully saturated rings. The third kappa shape index (κ3) is 1.75. The molecule has 0 radical (unpaired) electrons. The molecule has 0 N–H and O–H groups in total. The van der Waals surface area contributed by atoms with Crippen molar-refractivity contribution in [3.63, 3.8) is 0 Å². The maximum Gasteiger partial charge on any atom is 0.293 e. The number of carbonyl (C=O) groups is 1. The zero-order valence-corrected chi connectivity index (χ0v) is 6.73. The van der Waals surface area contributed by atoms with Crippen LogP contribution in [0, 0.1) is 4.91 Å². The van der Waals surface area contributed by atoms with Crippen molar-refractivity contribution < 1.29 is 4.79 Å². The van der Waals surface area contributed by atoms with Gasteiger partial charge in [-0.2, -0.15) is 0 Å². The third-order valence-electron chi connectivity index (χ3n) is 1.76. The molecule has 62 valence electrons. The molecule has 0 aliphatic carbocycles. The van der Waals surface area contributed by atoms with Crippen LogP contribution in [0.3, 0.4) is 0 Å². The van der Waals surface area contributed by atoms with E-state index >= 15 is 0 Å². The topological polar surface area (TPSA) is 46.5 Å². The van der Waals surface area contributed by atoms with Gasteiger partial charge in [0.25, 0.3) is 5.91 Å². The molecular weight excluding hydrogens is 154 g/mol. The van der Waals surface area contributed by atoms with E-state index in [2.05, 4.69) is 5.18 Å². The van der Waals surface area contributed by atoms with E-state index in [1.165, 1.54) is 0 Å². The van der Waals surface area contributed by atoms with Gasteiger partial charge in [-0.1, -0.05) is 30.3 Å². The van der Waals surface area contributed by atoms with Gasteiger partial charge in [-0.15, -0.1) is 4.91 Å². The molecule has 1 aromatic rings. The van der Waals surface area contributed by atoms with Crippen LogP contribution in [-0.4, -0.2) is 5.91 Å².